The molecule has 0 saturated heterocycles. The minimum atomic E-state index is -0.777. The van der Waals surface area contributed by atoms with E-state index in [1.54, 1.807) is 0 Å². The minimum absolute atomic E-state index is 0.140. The molecular weight excluding hydrogens is 192 g/mol. The van der Waals surface area contributed by atoms with Crippen LogP contribution in [-0.2, 0) is 9.53 Å². The van der Waals surface area contributed by atoms with Crippen LogP contribution in [-0.4, -0.2) is 24.3 Å². The molecule has 0 saturated carbocycles. The third-order valence-corrected chi connectivity index (χ3v) is 2.24. The molecule has 0 aliphatic rings. The van der Waals surface area contributed by atoms with Crippen molar-refractivity contribution >= 4 is 5.97 Å². The molecule has 0 bridgehead atoms. The van der Waals surface area contributed by atoms with Crippen LogP contribution in [0.5, 0.6) is 0 Å². The van der Waals surface area contributed by atoms with Crippen molar-refractivity contribution in [3.8, 4) is 0 Å². The van der Waals surface area contributed by atoms with E-state index >= 15 is 0 Å². The van der Waals surface area contributed by atoms with E-state index in [4.69, 9.17) is 0 Å². The average molecular weight is 212 g/mol. The van der Waals surface area contributed by atoms with Crippen LogP contribution >= 0.6 is 0 Å². The average Bonchev–Trinajstić information content (AvgIpc) is 2.26. The monoisotopic (exact) mass is 212 g/mol. The lowest BCUT2D eigenvalue weighted by Crippen LogP contribution is -2.18. The molecule has 0 radical (unpaired) electrons. The molecule has 3 heteroatoms. The first-order valence-electron chi connectivity index (χ1n) is 5.19. The van der Waals surface area contributed by atoms with Gasteiger partial charge in [-0.3, -0.25) is 0 Å². The summed E-state index contributed by atoms with van der Waals surface area (Å²) in [6, 6.07) is 0. The molecule has 0 aliphatic carbocycles. The van der Waals surface area contributed by atoms with E-state index < -0.39 is 12.1 Å². The van der Waals surface area contributed by atoms with Gasteiger partial charge >= 0.3 is 5.97 Å². The molecular formula is C12H20O3. The van der Waals surface area contributed by atoms with Crippen molar-refractivity contribution in [1.82, 2.24) is 0 Å². The summed E-state index contributed by atoms with van der Waals surface area (Å²) in [7, 11) is 1.28. The molecule has 1 atom stereocenters. The molecule has 0 amide bonds. The number of methoxy groups -OCH3 is 1. The van der Waals surface area contributed by atoms with E-state index in [9.17, 15) is 9.90 Å². The quantitative estimate of drug-likeness (QED) is 0.290. The summed E-state index contributed by atoms with van der Waals surface area (Å²) in [6.45, 7) is 7.13. The summed E-state index contributed by atoms with van der Waals surface area (Å²) >= 11 is 0. The Labute approximate surface area is 91.4 Å². The number of carbonyl (C=O) groups is 1. The van der Waals surface area contributed by atoms with E-state index in [1.807, 2.05) is 6.08 Å². The number of aliphatic hydroxyl groups excluding tert-OH is 1. The number of hydrogen-bond acceptors (Lipinski definition) is 3. The Balaban J connectivity index is 3.64. The van der Waals surface area contributed by atoms with E-state index in [2.05, 4.69) is 17.9 Å². The van der Waals surface area contributed by atoms with Crippen molar-refractivity contribution in [2.24, 2.45) is 0 Å². The lowest BCUT2D eigenvalue weighted by atomic mass is 10.0. The summed E-state index contributed by atoms with van der Waals surface area (Å²) in [5.41, 5.74) is 0.140. The Kier molecular flexibility index (Phi) is 7.64. The smallest absolute Gasteiger partial charge is 0.335 e. The third-order valence-electron chi connectivity index (χ3n) is 2.24. The van der Waals surface area contributed by atoms with Crippen molar-refractivity contribution in [2.45, 2.75) is 38.2 Å². The zero-order chi connectivity index (χ0) is 11.7. The van der Waals surface area contributed by atoms with Crippen LogP contribution in [0.4, 0.5) is 0 Å². The normalized spacial score (nSPS) is 11.9. The highest BCUT2D eigenvalue weighted by molar-refractivity contribution is 5.88. The van der Waals surface area contributed by atoms with Gasteiger partial charge in [0.1, 0.15) is 0 Å². The first-order chi connectivity index (χ1) is 7.13. The zero-order valence-corrected chi connectivity index (χ0v) is 9.37. The lowest BCUT2D eigenvalue weighted by Gasteiger charge is -2.11. The highest BCUT2D eigenvalue weighted by Gasteiger charge is 2.15. The van der Waals surface area contributed by atoms with Crippen LogP contribution in [0, 0.1) is 0 Å². The van der Waals surface area contributed by atoms with Gasteiger partial charge in [0.25, 0.3) is 0 Å². The molecule has 0 fully saturated rings. The number of unbranched alkanes of at least 4 members (excludes halogenated alkanes) is 3. The van der Waals surface area contributed by atoms with E-state index in [0.717, 1.165) is 25.7 Å². The number of allylic oxidation sites excluding steroid dienone is 1. The highest BCUT2D eigenvalue weighted by atomic mass is 16.5. The van der Waals surface area contributed by atoms with Gasteiger partial charge < -0.3 is 9.84 Å². The summed E-state index contributed by atoms with van der Waals surface area (Å²) in [4.78, 5) is 11.0. The first kappa shape index (κ1) is 13.9. The predicted molar refractivity (Wildman–Crippen MR) is 60.4 cm³/mol. The van der Waals surface area contributed by atoms with Gasteiger partial charge in [-0.05, 0) is 19.3 Å². The standard InChI is InChI=1S/C12H20O3/c1-4-5-6-7-8-9-11(13)10(2)12(14)15-3/h4,11,13H,1-2,5-9H2,3H3. The van der Waals surface area contributed by atoms with Crippen molar-refractivity contribution < 1.29 is 14.6 Å². The summed E-state index contributed by atoms with van der Waals surface area (Å²) < 4.78 is 4.47. The van der Waals surface area contributed by atoms with Crippen molar-refractivity contribution in [3.05, 3.63) is 24.8 Å². The van der Waals surface area contributed by atoms with Crippen LogP contribution in [0.15, 0.2) is 24.8 Å². The molecule has 0 aromatic heterocycles. The van der Waals surface area contributed by atoms with Crippen molar-refractivity contribution in [3.63, 3.8) is 0 Å². The molecule has 0 aromatic carbocycles. The van der Waals surface area contributed by atoms with Crippen LogP contribution in [0.1, 0.15) is 32.1 Å². The zero-order valence-electron chi connectivity index (χ0n) is 9.37. The topological polar surface area (TPSA) is 46.5 Å². The molecule has 1 N–H and O–H groups in total. The predicted octanol–water partition coefficient (Wildman–Crippen LogP) is 2.21. The largest absolute Gasteiger partial charge is 0.466 e. The van der Waals surface area contributed by atoms with Gasteiger partial charge in [0.2, 0.25) is 0 Å². The maximum atomic E-state index is 11.0. The van der Waals surface area contributed by atoms with Gasteiger partial charge in [0, 0.05) is 0 Å². The molecule has 0 rings (SSSR count). The molecule has 0 aliphatic heterocycles. The van der Waals surface area contributed by atoms with Crippen LogP contribution in [0.2, 0.25) is 0 Å². The summed E-state index contributed by atoms with van der Waals surface area (Å²) in [5, 5.41) is 9.56. The number of rotatable bonds is 8. The van der Waals surface area contributed by atoms with Gasteiger partial charge in [-0.1, -0.05) is 25.5 Å². The minimum Gasteiger partial charge on any atom is -0.466 e. The number of esters is 1. The Morgan fingerprint density at radius 3 is 2.67 bits per heavy atom. The van der Waals surface area contributed by atoms with Crippen LogP contribution < -0.4 is 0 Å². The second kappa shape index (κ2) is 8.24. The molecule has 1 unspecified atom stereocenters. The van der Waals surface area contributed by atoms with E-state index in [0.29, 0.717) is 6.42 Å². The number of aliphatic hydroxyl groups is 1. The van der Waals surface area contributed by atoms with Crippen molar-refractivity contribution in [1.29, 1.82) is 0 Å². The fourth-order valence-corrected chi connectivity index (χ4v) is 1.24. The SMILES string of the molecule is C=CCCCCCC(O)C(=C)C(=O)OC. The maximum Gasteiger partial charge on any atom is 0.335 e. The Morgan fingerprint density at radius 2 is 2.13 bits per heavy atom. The lowest BCUT2D eigenvalue weighted by molar-refractivity contribution is -0.137. The Morgan fingerprint density at radius 1 is 1.47 bits per heavy atom. The van der Waals surface area contributed by atoms with Crippen molar-refractivity contribution in [2.75, 3.05) is 7.11 Å². The molecule has 86 valence electrons. The fourth-order valence-electron chi connectivity index (χ4n) is 1.24. The second-order valence-corrected chi connectivity index (χ2v) is 3.46. The molecule has 0 aromatic rings. The molecule has 3 nitrogen and oxygen atoms in total. The molecule has 0 heterocycles. The van der Waals surface area contributed by atoms with Gasteiger partial charge in [-0.15, -0.1) is 6.58 Å². The van der Waals surface area contributed by atoms with E-state index in [1.165, 1.54) is 7.11 Å². The number of hydrogen-bond donors (Lipinski definition) is 1. The summed E-state index contributed by atoms with van der Waals surface area (Å²) in [6.07, 6.45) is 5.63. The Bertz CT molecular complexity index is 221. The van der Waals surface area contributed by atoms with Crippen LogP contribution in [0.25, 0.3) is 0 Å². The van der Waals surface area contributed by atoms with Gasteiger partial charge in [-0.2, -0.15) is 0 Å². The first-order valence-corrected chi connectivity index (χ1v) is 5.19. The van der Waals surface area contributed by atoms with E-state index in [-0.39, 0.29) is 5.57 Å². The summed E-state index contributed by atoms with van der Waals surface area (Å²) in [5.74, 6) is -0.534. The molecule has 0 spiro atoms. The molecule has 15 heavy (non-hydrogen) atoms. The second-order valence-electron chi connectivity index (χ2n) is 3.46. The Hall–Kier alpha value is -1.09. The van der Waals surface area contributed by atoms with Crippen LogP contribution in [0.3, 0.4) is 0 Å². The van der Waals surface area contributed by atoms with Gasteiger partial charge in [-0.25, -0.2) is 4.79 Å². The van der Waals surface area contributed by atoms with Gasteiger partial charge in [0.05, 0.1) is 18.8 Å². The fraction of sp³-hybridized carbons (Fsp3) is 0.583. The number of carbonyl (C=O) groups excluding carboxylic acids is 1. The highest BCUT2D eigenvalue weighted by Crippen LogP contribution is 2.11. The third kappa shape index (κ3) is 6.07. The maximum absolute atomic E-state index is 11.0. The number of ether oxygens (including phenoxy) is 1. The van der Waals surface area contributed by atoms with Gasteiger partial charge in [0.15, 0.2) is 0 Å².